The molecule has 0 atom stereocenters. The van der Waals surface area contributed by atoms with Gasteiger partial charge in [-0.25, -0.2) is 4.99 Å². The highest BCUT2D eigenvalue weighted by molar-refractivity contribution is 9.10. The van der Waals surface area contributed by atoms with Crippen LogP contribution in [0.15, 0.2) is 45.9 Å². The number of para-hydroxylation sites is 1. The Kier molecular flexibility index (Phi) is 4.38. The molecule has 0 saturated carbocycles. The van der Waals surface area contributed by atoms with E-state index in [9.17, 15) is 0 Å². The maximum absolute atomic E-state index is 4.53. The second-order valence-electron chi connectivity index (χ2n) is 4.63. The fourth-order valence-electron chi connectivity index (χ4n) is 2.12. The lowest BCUT2D eigenvalue weighted by molar-refractivity contribution is 1.29. The zero-order chi connectivity index (χ0) is 13.8. The van der Waals surface area contributed by atoms with E-state index < -0.39 is 0 Å². The van der Waals surface area contributed by atoms with E-state index in [1.807, 2.05) is 24.3 Å². The van der Waals surface area contributed by atoms with Crippen molar-refractivity contribution in [2.45, 2.75) is 20.8 Å². The van der Waals surface area contributed by atoms with Crippen LogP contribution in [0.2, 0.25) is 0 Å². The maximum atomic E-state index is 4.53. The third-order valence-corrected chi connectivity index (χ3v) is 3.61. The molecule has 2 aromatic rings. The Balaban J connectivity index is 2.18. The summed E-state index contributed by atoms with van der Waals surface area (Å²) in [6.45, 7) is 6.28. The molecule has 0 radical (unpaired) electrons. The fourth-order valence-corrected chi connectivity index (χ4v) is 2.52. The molecule has 0 aliphatic carbocycles. The molecule has 0 fully saturated rings. The molecule has 0 heterocycles. The normalized spacial score (nSPS) is 10.9. The summed E-state index contributed by atoms with van der Waals surface area (Å²) >= 11 is 3.50. The molecule has 2 aromatic carbocycles. The predicted octanol–water partition coefficient (Wildman–Crippen LogP) is 5.15. The van der Waals surface area contributed by atoms with Gasteiger partial charge >= 0.3 is 0 Å². The van der Waals surface area contributed by atoms with Gasteiger partial charge in [-0.1, -0.05) is 29.8 Å². The van der Waals surface area contributed by atoms with E-state index in [0.717, 1.165) is 15.8 Å². The predicted molar refractivity (Wildman–Crippen MR) is 86.6 cm³/mol. The zero-order valence-corrected chi connectivity index (χ0v) is 13.0. The molecule has 2 nitrogen and oxygen atoms in total. The zero-order valence-electron chi connectivity index (χ0n) is 11.4. The van der Waals surface area contributed by atoms with Crippen LogP contribution in [-0.4, -0.2) is 6.34 Å². The van der Waals surface area contributed by atoms with E-state index in [1.165, 1.54) is 16.7 Å². The Morgan fingerprint density at radius 1 is 1.05 bits per heavy atom. The third kappa shape index (κ3) is 3.44. The van der Waals surface area contributed by atoms with E-state index in [1.54, 1.807) is 6.34 Å². The minimum atomic E-state index is 1.01. The van der Waals surface area contributed by atoms with Gasteiger partial charge < -0.3 is 5.32 Å². The highest BCUT2D eigenvalue weighted by Gasteiger charge is 2.01. The lowest BCUT2D eigenvalue weighted by Crippen LogP contribution is -1.95. The summed E-state index contributed by atoms with van der Waals surface area (Å²) in [5.41, 5.74) is 5.71. The lowest BCUT2D eigenvalue weighted by atomic mass is 10.1. The highest BCUT2D eigenvalue weighted by Crippen LogP contribution is 2.25. The molecule has 0 aliphatic heterocycles. The van der Waals surface area contributed by atoms with Crippen LogP contribution in [0.5, 0.6) is 0 Å². The Bertz CT molecular complexity index is 595. The average Bonchev–Trinajstić information content (AvgIpc) is 2.34. The van der Waals surface area contributed by atoms with Crippen molar-refractivity contribution in [1.29, 1.82) is 0 Å². The van der Waals surface area contributed by atoms with Gasteiger partial charge in [0.2, 0.25) is 0 Å². The van der Waals surface area contributed by atoms with Gasteiger partial charge in [0.25, 0.3) is 0 Å². The van der Waals surface area contributed by atoms with Crippen molar-refractivity contribution in [3.8, 4) is 0 Å². The molecule has 1 N–H and O–H groups in total. The topological polar surface area (TPSA) is 24.4 Å². The Morgan fingerprint density at radius 2 is 1.68 bits per heavy atom. The number of nitrogens with zero attached hydrogens (tertiary/aromatic N) is 1. The van der Waals surface area contributed by atoms with E-state index in [-0.39, 0.29) is 0 Å². The van der Waals surface area contributed by atoms with Crippen molar-refractivity contribution >= 4 is 33.6 Å². The molecule has 3 heteroatoms. The second kappa shape index (κ2) is 6.02. The van der Waals surface area contributed by atoms with Crippen LogP contribution in [0.3, 0.4) is 0 Å². The van der Waals surface area contributed by atoms with Crippen molar-refractivity contribution in [3.05, 3.63) is 57.6 Å². The van der Waals surface area contributed by atoms with E-state index in [0.29, 0.717) is 0 Å². The second-order valence-corrected chi connectivity index (χ2v) is 5.48. The van der Waals surface area contributed by atoms with Gasteiger partial charge in [0.15, 0.2) is 0 Å². The van der Waals surface area contributed by atoms with Gasteiger partial charge in [0, 0.05) is 4.47 Å². The SMILES string of the molecule is Cc1cc(C)c(N=CNc2ccccc2Br)c(C)c1. The number of rotatable bonds is 3. The quantitative estimate of drug-likeness (QED) is 0.615. The first-order valence-corrected chi connectivity index (χ1v) is 6.98. The van der Waals surface area contributed by atoms with Crippen molar-refractivity contribution in [2.75, 3.05) is 5.32 Å². The number of hydrogen-bond acceptors (Lipinski definition) is 1. The molecule has 0 aliphatic rings. The largest absolute Gasteiger partial charge is 0.345 e. The number of aliphatic imine (C=N–C) groups is 1. The third-order valence-electron chi connectivity index (χ3n) is 2.92. The van der Waals surface area contributed by atoms with Gasteiger partial charge in [-0.3, -0.25) is 0 Å². The summed E-state index contributed by atoms with van der Waals surface area (Å²) < 4.78 is 1.03. The number of nitrogens with one attached hydrogen (secondary N) is 1. The molecule has 0 saturated heterocycles. The minimum Gasteiger partial charge on any atom is -0.345 e. The standard InChI is InChI=1S/C16H17BrN2/c1-11-8-12(2)16(13(3)9-11)19-10-18-15-7-5-4-6-14(15)17/h4-10H,1-3H3,(H,18,19). The molecule has 0 bridgehead atoms. The fraction of sp³-hybridized carbons (Fsp3) is 0.188. The molecule has 0 spiro atoms. The molecule has 0 amide bonds. The lowest BCUT2D eigenvalue weighted by Gasteiger charge is -2.07. The van der Waals surface area contributed by atoms with E-state index >= 15 is 0 Å². The van der Waals surface area contributed by atoms with Gasteiger partial charge in [-0.15, -0.1) is 0 Å². The molecule has 0 unspecified atom stereocenters. The van der Waals surface area contributed by atoms with Crippen LogP contribution in [0.1, 0.15) is 16.7 Å². The average molecular weight is 317 g/mol. The molecule has 0 aromatic heterocycles. The van der Waals surface area contributed by atoms with Crippen LogP contribution >= 0.6 is 15.9 Å². The summed E-state index contributed by atoms with van der Waals surface area (Å²) in [6.07, 6.45) is 1.74. The van der Waals surface area contributed by atoms with Crippen molar-refractivity contribution < 1.29 is 0 Å². The molecule has 19 heavy (non-hydrogen) atoms. The molecule has 2 rings (SSSR count). The molecule has 98 valence electrons. The monoisotopic (exact) mass is 316 g/mol. The Morgan fingerprint density at radius 3 is 2.32 bits per heavy atom. The van der Waals surface area contributed by atoms with Crippen LogP contribution < -0.4 is 5.32 Å². The van der Waals surface area contributed by atoms with Crippen LogP contribution in [0, 0.1) is 20.8 Å². The van der Waals surface area contributed by atoms with E-state index in [2.05, 4.69) is 59.1 Å². The van der Waals surface area contributed by atoms with Gasteiger partial charge in [-0.2, -0.15) is 0 Å². The van der Waals surface area contributed by atoms with Gasteiger partial charge in [0.1, 0.15) is 0 Å². The maximum Gasteiger partial charge on any atom is 0.0930 e. The van der Waals surface area contributed by atoms with Gasteiger partial charge in [0.05, 0.1) is 17.7 Å². The van der Waals surface area contributed by atoms with Gasteiger partial charge in [-0.05, 0) is 60.0 Å². The summed E-state index contributed by atoms with van der Waals surface area (Å²) in [6, 6.07) is 12.3. The first-order chi connectivity index (χ1) is 9.08. The number of anilines is 1. The number of hydrogen-bond donors (Lipinski definition) is 1. The first kappa shape index (κ1) is 13.8. The highest BCUT2D eigenvalue weighted by atomic mass is 79.9. The molecular weight excluding hydrogens is 300 g/mol. The van der Waals surface area contributed by atoms with Crippen LogP contribution in [0.25, 0.3) is 0 Å². The summed E-state index contributed by atoms with van der Waals surface area (Å²) in [4.78, 5) is 4.53. The van der Waals surface area contributed by atoms with Crippen molar-refractivity contribution in [3.63, 3.8) is 0 Å². The smallest absolute Gasteiger partial charge is 0.0930 e. The van der Waals surface area contributed by atoms with Crippen LogP contribution in [0.4, 0.5) is 11.4 Å². The number of aryl methyl sites for hydroxylation is 3. The Labute approximate surface area is 122 Å². The van der Waals surface area contributed by atoms with Crippen molar-refractivity contribution in [1.82, 2.24) is 0 Å². The molecular formula is C16H17BrN2. The van der Waals surface area contributed by atoms with Crippen molar-refractivity contribution in [2.24, 2.45) is 4.99 Å². The van der Waals surface area contributed by atoms with Crippen LogP contribution in [-0.2, 0) is 0 Å². The number of benzene rings is 2. The summed E-state index contributed by atoms with van der Waals surface area (Å²) in [5.74, 6) is 0. The summed E-state index contributed by atoms with van der Waals surface area (Å²) in [7, 11) is 0. The minimum absolute atomic E-state index is 1.01. The first-order valence-electron chi connectivity index (χ1n) is 6.19. The van der Waals surface area contributed by atoms with E-state index in [4.69, 9.17) is 0 Å². The number of halogens is 1. The Hall–Kier alpha value is -1.61. The summed E-state index contributed by atoms with van der Waals surface area (Å²) in [5, 5.41) is 3.19.